The maximum atomic E-state index is 13.8. The van der Waals surface area contributed by atoms with E-state index in [-0.39, 0.29) is 11.6 Å². The Morgan fingerprint density at radius 2 is 1.43 bits per heavy atom. The predicted molar refractivity (Wildman–Crippen MR) is 115 cm³/mol. The average Bonchev–Trinajstić information content (AvgIpc) is 3.37. The van der Waals surface area contributed by atoms with Gasteiger partial charge in [0.1, 0.15) is 5.75 Å². The molecule has 0 bridgehead atoms. The van der Waals surface area contributed by atoms with E-state index in [0.29, 0.717) is 22.4 Å². The fourth-order valence-corrected chi connectivity index (χ4v) is 5.37. The molecule has 1 saturated carbocycles. The van der Waals surface area contributed by atoms with Gasteiger partial charge in [0.2, 0.25) is 0 Å². The molecule has 3 aromatic carbocycles. The van der Waals surface area contributed by atoms with Crippen LogP contribution in [0, 0.1) is 10.8 Å². The molecule has 2 aliphatic rings. The standard InChI is InChI=1S/C25H17BrO4/c1-24(21(27)15-8-4-2-5-9-15)20-18-14-17(26)12-13-19(18)30-23(29)25(20,24)22(28)16-10-6-3-7-11-16/h2-14,20H,1H3/t20-,24+,25+/m1/s1. The molecular weight excluding hydrogens is 444 g/mol. The van der Waals surface area contributed by atoms with Gasteiger partial charge in [-0.15, -0.1) is 0 Å². The summed E-state index contributed by atoms with van der Waals surface area (Å²) in [5.41, 5.74) is -1.28. The van der Waals surface area contributed by atoms with Gasteiger partial charge >= 0.3 is 5.97 Å². The Hall–Kier alpha value is -3.05. The van der Waals surface area contributed by atoms with Gasteiger partial charge in [-0.1, -0.05) is 83.5 Å². The third-order valence-corrected chi connectivity index (χ3v) is 6.95. The predicted octanol–water partition coefficient (Wildman–Crippen LogP) is 5.22. The lowest BCUT2D eigenvalue weighted by Crippen LogP contribution is -2.39. The van der Waals surface area contributed by atoms with E-state index in [1.165, 1.54) is 0 Å². The van der Waals surface area contributed by atoms with E-state index < -0.39 is 22.7 Å². The maximum absolute atomic E-state index is 13.8. The zero-order chi connectivity index (χ0) is 21.1. The Labute approximate surface area is 182 Å². The van der Waals surface area contributed by atoms with E-state index in [0.717, 1.165) is 4.47 Å². The summed E-state index contributed by atoms with van der Waals surface area (Å²) in [5, 5.41) is 0. The van der Waals surface area contributed by atoms with Gasteiger partial charge in [-0.3, -0.25) is 14.4 Å². The minimum atomic E-state index is -1.59. The molecule has 3 aromatic rings. The van der Waals surface area contributed by atoms with Gasteiger partial charge < -0.3 is 4.74 Å². The molecule has 0 spiro atoms. The molecule has 1 fully saturated rings. The topological polar surface area (TPSA) is 60.4 Å². The van der Waals surface area contributed by atoms with Gasteiger partial charge in [-0.05, 0) is 18.2 Å². The third-order valence-electron chi connectivity index (χ3n) is 6.46. The van der Waals surface area contributed by atoms with Crippen molar-refractivity contribution in [3.05, 3.63) is 100 Å². The Bertz CT molecular complexity index is 1200. The number of carbonyl (C=O) groups excluding carboxylic acids is 3. The van der Waals surface area contributed by atoms with Crippen molar-refractivity contribution in [2.45, 2.75) is 12.8 Å². The van der Waals surface area contributed by atoms with Crippen LogP contribution in [0.15, 0.2) is 83.3 Å². The largest absolute Gasteiger partial charge is 0.425 e. The van der Waals surface area contributed by atoms with Crippen LogP contribution in [0.5, 0.6) is 5.75 Å². The molecule has 148 valence electrons. The van der Waals surface area contributed by atoms with E-state index in [4.69, 9.17) is 4.74 Å². The molecule has 5 rings (SSSR count). The Morgan fingerprint density at radius 1 is 0.867 bits per heavy atom. The maximum Gasteiger partial charge on any atom is 0.327 e. The van der Waals surface area contributed by atoms with Crippen molar-refractivity contribution in [2.75, 3.05) is 0 Å². The monoisotopic (exact) mass is 460 g/mol. The second-order valence-electron chi connectivity index (χ2n) is 7.91. The van der Waals surface area contributed by atoms with Crippen LogP contribution in [0.3, 0.4) is 0 Å². The Kier molecular flexibility index (Phi) is 4.09. The summed E-state index contributed by atoms with van der Waals surface area (Å²) in [4.78, 5) is 40.8. The van der Waals surface area contributed by atoms with Crippen LogP contribution in [0.1, 0.15) is 39.1 Å². The van der Waals surface area contributed by atoms with E-state index in [2.05, 4.69) is 15.9 Å². The summed E-state index contributed by atoms with van der Waals surface area (Å²) in [6.07, 6.45) is 0. The van der Waals surface area contributed by atoms with Gasteiger partial charge in [0, 0.05) is 27.1 Å². The fourth-order valence-electron chi connectivity index (χ4n) is 4.99. The molecule has 4 nitrogen and oxygen atoms in total. The van der Waals surface area contributed by atoms with E-state index in [1.807, 2.05) is 12.1 Å². The molecule has 1 aliphatic carbocycles. The average molecular weight is 461 g/mol. The molecule has 1 aliphatic heterocycles. The van der Waals surface area contributed by atoms with Gasteiger partial charge in [0.15, 0.2) is 17.0 Å². The number of ether oxygens (including phenoxy) is 1. The molecule has 0 saturated heterocycles. The van der Waals surface area contributed by atoms with Crippen molar-refractivity contribution in [1.29, 1.82) is 0 Å². The molecule has 0 aromatic heterocycles. The van der Waals surface area contributed by atoms with Crippen LogP contribution in [0.2, 0.25) is 0 Å². The van der Waals surface area contributed by atoms with Crippen LogP contribution in [0.4, 0.5) is 0 Å². The number of halogens is 1. The van der Waals surface area contributed by atoms with Gasteiger partial charge in [0.05, 0.1) is 5.41 Å². The molecule has 0 amide bonds. The fraction of sp³-hybridized carbons (Fsp3) is 0.160. The summed E-state index contributed by atoms with van der Waals surface area (Å²) >= 11 is 3.46. The zero-order valence-electron chi connectivity index (χ0n) is 16.1. The van der Waals surface area contributed by atoms with E-state index in [9.17, 15) is 14.4 Å². The first-order chi connectivity index (χ1) is 14.4. The van der Waals surface area contributed by atoms with Crippen LogP contribution < -0.4 is 4.74 Å². The summed E-state index contributed by atoms with van der Waals surface area (Å²) < 4.78 is 6.43. The van der Waals surface area contributed by atoms with Gasteiger partial charge in [0.25, 0.3) is 0 Å². The highest BCUT2D eigenvalue weighted by Crippen LogP contribution is 2.79. The molecule has 30 heavy (non-hydrogen) atoms. The molecule has 3 atom stereocenters. The van der Waals surface area contributed by atoms with Crippen molar-refractivity contribution in [2.24, 2.45) is 10.8 Å². The van der Waals surface area contributed by atoms with Crippen LogP contribution in [-0.4, -0.2) is 17.5 Å². The number of hydrogen-bond donors (Lipinski definition) is 0. The minimum Gasteiger partial charge on any atom is -0.425 e. The van der Waals surface area contributed by atoms with E-state index in [1.54, 1.807) is 73.7 Å². The number of rotatable bonds is 4. The number of fused-ring (bicyclic) bond motifs is 3. The lowest BCUT2D eigenvalue weighted by Gasteiger charge is -2.23. The van der Waals surface area contributed by atoms with Crippen LogP contribution in [-0.2, 0) is 4.79 Å². The first-order valence-electron chi connectivity index (χ1n) is 9.64. The summed E-state index contributed by atoms with van der Waals surface area (Å²) in [5.74, 6) is -1.48. The lowest BCUT2D eigenvalue weighted by atomic mass is 9.82. The normalized spacial score (nSPS) is 26.2. The Balaban J connectivity index is 1.74. The number of ketones is 2. The van der Waals surface area contributed by atoms with Crippen LogP contribution in [0.25, 0.3) is 0 Å². The highest BCUT2D eigenvalue weighted by Gasteiger charge is 2.87. The zero-order valence-corrected chi connectivity index (χ0v) is 17.7. The van der Waals surface area contributed by atoms with Crippen molar-refractivity contribution in [3.8, 4) is 5.75 Å². The van der Waals surface area contributed by atoms with Crippen molar-refractivity contribution >= 4 is 33.5 Å². The third kappa shape index (κ3) is 2.30. The lowest BCUT2D eigenvalue weighted by molar-refractivity contribution is -0.140. The molecule has 0 N–H and O–H groups in total. The molecule has 1 heterocycles. The number of benzene rings is 3. The second-order valence-corrected chi connectivity index (χ2v) is 8.82. The van der Waals surface area contributed by atoms with Crippen LogP contribution >= 0.6 is 15.9 Å². The molecular formula is C25H17BrO4. The highest BCUT2D eigenvalue weighted by atomic mass is 79.9. The Morgan fingerprint density at radius 3 is 2.03 bits per heavy atom. The van der Waals surface area contributed by atoms with Gasteiger partial charge in [-0.2, -0.15) is 0 Å². The van der Waals surface area contributed by atoms with Crippen molar-refractivity contribution < 1.29 is 19.1 Å². The molecule has 0 radical (unpaired) electrons. The summed E-state index contributed by atoms with van der Waals surface area (Å²) in [7, 11) is 0. The van der Waals surface area contributed by atoms with Crippen molar-refractivity contribution in [3.63, 3.8) is 0 Å². The number of carbonyl (C=O) groups is 3. The summed E-state index contributed by atoms with van der Waals surface area (Å²) in [6, 6.07) is 22.7. The SMILES string of the molecule is C[C@@]1(C(=O)c2ccccc2)[C@H]2c3cc(Br)ccc3OC(=O)[C@@]21C(=O)c1ccccc1. The number of Topliss-reactive ketones (excluding diaryl/α,β-unsaturated/α-hetero) is 2. The van der Waals surface area contributed by atoms with Gasteiger partial charge in [-0.25, -0.2) is 0 Å². The summed E-state index contributed by atoms with van der Waals surface area (Å²) in [6.45, 7) is 1.71. The minimum absolute atomic E-state index is 0.234. The first-order valence-corrected chi connectivity index (χ1v) is 10.4. The number of hydrogen-bond acceptors (Lipinski definition) is 4. The second kappa shape index (κ2) is 6.47. The highest BCUT2D eigenvalue weighted by molar-refractivity contribution is 9.10. The van der Waals surface area contributed by atoms with Crippen molar-refractivity contribution in [1.82, 2.24) is 0 Å². The molecule has 5 heteroatoms. The smallest absolute Gasteiger partial charge is 0.327 e. The molecule has 0 unspecified atom stereocenters. The first kappa shape index (κ1) is 18.9. The quantitative estimate of drug-likeness (QED) is 0.231. The van der Waals surface area contributed by atoms with E-state index >= 15 is 0 Å². The number of esters is 1.